The van der Waals surface area contributed by atoms with Gasteiger partial charge in [0.1, 0.15) is 28.3 Å². The zero-order valence-electron chi connectivity index (χ0n) is 18.1. The normalized spacial score (nSPS) is 20.5. The molecule has 2 aliphatic rings. The maximum Gasteiger partial charge on any atom is 0.387 e. The van der Waals surface area contributed by atoms with Crippen molar-refractivity contribution >= 4 is 11.6 Å². The molecule has 1 amide bonds. The number of alkyl halides is 2. The van der Waals surface area contributed by atoms with Crippen molar-refractivity contribution in [2.24, 2.45) is 0 Å². The van der Waals surface area contributed by atoms with E-state index in [1.165, 1.54) is 24.3 Å². The van der Waals surface area contributed by atoms with Gasteiger partial charge in [0.15, 0.2) is 0 Å². The summed E-state index contributed by atoms with van der Waals surface area (Å²) in [4.78, 5) is 15.9. The molecule has 4 nitrogen and oxygen atoms in total. The zero-order valence-corrected chi connectivity index (χ0v) is 18.1. The molecular formula is C26H22F3NO3. The third-order valence-electron chi connectivity index (χ3n) is 6.23. The standard InChI is InChI=1S/C26H22F3NO3/c1-25(2)15-26(20-12-11-18(32-24(28)29)13-22(20)33-25)19-5-3-4-6-21(19)30(23(26)31)14-16-7-9-17(27)10-8-16/h3-13,24H,14-15H2,1-2H3. The van der Waals surface area contributed by atoms with E-state index < -0.39 is 17.6 Å². The van der Waals surface area contributed by atoms with E-state index in [2.05, 4.69) is 4.74 Å². The molecule has 0 radical (unpaired) electrons. The van der Waals surface area contributed by atoms with Crippen LogP contribution < -0.4 is 14.4 Å². The van der Waals surface area contributed by atoms with Gasteiger partial charge in [-0.05, 0) is 49.2 Å². The van der Waals surface area contributed by atoms with Crippen LogP contribution in [0, 0.1) is 5.82 Å². The Morgan fingerprint density at radius 1 is 1.03 bits per heavy atom. The van der Waals surface area contributed by atoms with Crippen molar-refractivity contribution in [3.05, 3.63) is 89.2 Å². The molecule has 33 heavy (non-hydrogen) atoms. The van der Waals surface area contributed by atoms with Crippen LogP contribution in [0.3, 0.4) is 0 Å². The van der Waals surface area contributed by atoms with E-state index in [9.17, 15) is 18.0 Å². The minimum atomic E-state index is -2.96. The first-order valence-electron chi connectivity index (χ1n) is 10.6. The van der Waals surface area contributed by atoms with Crippen molar-refractivity contribution in [2.45, 2.75) is 44.4 Å². The highest BCUT2D eigenvalue weighted by Gasteiger charge is 2.58. The zero-order chi connectivity index (χ0) is 23.4. The Morgan fingerprint density at radius 3 is 2.48 bits per heavy atom. The van der Waals surface area contributed by atoms with Gasteiger partial charge in [-0.25, -0.2) is 4.39 Å². The molecular weight excluding hydrogens is 431 g/mol. The van der Waals surface area contributed by atoms with Crippen LogP contribution in [0.15, 0.2) is 66.7 Å². The summed E-state index contributed by atoms with van der Waals surface area (Å²) in [6.07, 6.45) is 0.373. The molecule has 1 spiro atoms. The Morgan fingerprint density at radius 2 is 1.76 bits per heavy atom. The highest BCUT2D eigenvalue weighted by atomic mass is 19.3. The molecule has 0 N–H and O–H groups in total. The summed E-state index contributed by atoms with van der Waals surface area (Å²) >= 11 is 0. The molecule has 1 unspecified atom stereocenters. The first kappa shape index (κ1) is 21.4. The van der Waals surface area contributed by atoms with Gasteiger partial charge in [-0.3, -0.25) is 4.79 Å². The van der Waals surface area contributed by atoms with Crippen LogP contribution in [0.2, 0.25) is 0 Å². The van der Waals surface area contributed by atoms with Gasteiger partial charge in [-0.2, -0.15) is 8.78 Å². The van der Waals surface area contributed by atoms with E-state index in [4.69, 9.17) is 4.74 Å². The molecule has 7 heteroatoms. The third-order valence-corrected chi connectivity index (χ3v) is 6.23. The van der Waals surface area contributed by atoms with Gasteiger partial charge in [-0.1, -0.05) is 36.4 Å². The number of carbonyl (C=O) groups excluding carboxylic acids is 1. The number of amides is 1. The average molecular weight is 453 g/mol. The van der Waals surface area contributed by atoms with Crippen molar-refractivity contribution in [3.8, 4) is 11.5 Å². The molecule has 3 aromatic carbocycles. The summed E-state index contributed by atoms with van der Waals surface area (Å²) in [6.45, 7) is 1.06. The van der Waals surface area contributed by atoms with E-state index >= 15 is 0 Å². The number of halogens is 3. The molecule has 0 saturated carbocycles. The van der Waals surface area contributed by atoms with Gasteiger partial charge >= 0.3 is 6.61 Å². The van der Waals surface area contributed by atoms with Crippen molar-refractivity contribution < 1.29 is 27.4 Å². The number of para-hydroxylation sites is 1. The van der Waals surface area contributed by atoms with Gasteiger partial charge < -0.3 is 14.4 Å². The predicted molar refractivity (Wildman–Crippen MR) is 117 cm³/mol. The fraction of sp³-hybridized carbons (Fsp3) is 0.269. The van der Waals surface area contributed by atoms with Crippen molar-refractivity contribution in [3.63, 3.8) is 0 Å². The Kier molecular flexibility index (Phi) is 4.88. The second kappa shape index (κ2) is 7.54. The van der Waals surface area contributed by atoms with Crippen LogP contribution in [0.5, 0.6) is 11.5 Å². The monoisotopic (exact) mass is 453 g/mol. The number of fused-ring (bicyclic) bond motifs is 4. The third kappa shape index (κ3) is 3.52. The topological polar surface area (TPSA) is 38.8 Å². The first-order chi connectivity index (χ1) is 15.7. The van der Waals surface area contributed by atoms with Crippen LogP contribution in [0.1, 0.15) is 37.0 Å². The molecule has 1 atom stereocenters. The largest absolute Gasteiger partial charge is 0.487 e. The van der Waals surface area contributed by atoms with E-state index in [-0.39, 0.29) is 24.0 Å². The van der Waals surface area contributed by atoms with E-state index in [0.717, 1.165) is 16.8 Å². The summed E-state index contributed by atoms with van der Waals surface area (Å²) < 4.78 is 49.7. The lowest BCUT2D eigenvalue weighted by Crippen LogP contribution is -2.50. The summed E-state index contributed by atoms with van der Waals surface area (Å²) in [5.41, 5.74) is 1.22. The second-order valence-electron chi connectivity index (χ2n) is 9.02. The molecule has 3 aromatic rings. The summed E-state index contributed by atoms with van der Waals surface area (Å²) in [5, 5.41) is 0. The van der Waals surface area contributed by atoms with E-state index in [1.54, 1.807) is 23.1 Å². The van der Waals surface area contributed by atoms with Crippen LogP contribution in [0.25, 0.3) is 0 Å². The fourth-order valence-electron chi connectivity index (χ4n) is 5.07. The summed E-state index contributed by atoms with van der Waals surface area (Å²) in [5.74, 6) is -0.159. The van der Waals surface area contributed by atoms with E-state index in [1.807, 2.05) is 38.1 Å². The number of hydrogen-bond donors (Lipinski definition) is 0. The van der Waals surface area contributed by atoms with Crippen LogP contribution in [-0.2, 0) is 16.8 Å². The lowest BCUT2D eigenvalue weighted by Gasteiger charge is -2.43. The lowest BCUT2D eigenvalue weighted by molar-refractivity contribution is -0.124. The Labute approximate surface area is 189 Å². The lowest BCUT2D eigenvalue weighted by atomic mass is 9.67. The molecule has 0 saturated heterocycles. The van der Waals surface area contributed by atoms with Crippen LogP contribution in [0.4, 0.5) is 18.9 Å². The minimum absolute atomic E-state index is 0.0292. The molecule has 2 aliphatic heterocycles. The number of ether oxygens (including phenoxy) is 2. The SMILES string of the molecule is CC1(C)CC2(C(=O)N(Cc3ccc(F)cc3)c3ccccc32)c2ccc(OC(F)F)cc2O1. The molecule has 5 rings (SSSR count). The number of rotatable bonds is 4. The summed E-state index contributed by atoms with van der Waals surface area (Å²) in [7, 11) is 0. The predicted octanol–water partition coefficient (Wildman–Crippen LogP) is 5.82. The second-order valence-corrected chi connectivity index (χ2v) is 9.02. The van der Waals surface area contributed by atoms with Gasteiger partial charge in [0.2, 0.25) is 5.91 Å². The first-order valence-corrected chi connectivity index (χ1v) is 10.6. The number of carbonyl (C=O) groups is 1. The maximum absolute atomic E-state index is 14.2. The molecule has 2 heterocycles. The van der Waals surface area contributed by atoms with Gasteiger partial charge in [0.05, 0.1) is 6.54 Å². The van der Waals surface area contributed by atoms with Crippen molar-refractivity contribution in [1.29, 1.82) is 0 Å². The highest BCUT2D eigenvalue weighted by molar-refractivity contribution is 6.11. The summed E-state index contributed by atoms with van der Waals surface area (Å²) in [6, 6.07) is 18.1. The average Bonchev–Trinajstić information content (AvgIpc) is 2.97. The van der Waals surface area contributed by atoms with Gasteiger partial charge in [0.25, 0.3) is 0 Å². The fourth-order valence-corrected chi connectivity index (χ4v) is 5.07. The van der Waals surface area contributed by atoms with Gasteiger partial charge in [0, 0.05) is 23.7 Å². The Hall–Kier alpha value is -3.48. The number of nitrogens with zero attached hydrogens (tertiary/aromatic N) is 1. The number of benzene rings is 3. The number of anilines is 1. The molecule has 170 valence electrons. The van der Waals surface area contributed by atoms with Crippen LogP contribution >= 0.6 is 0 Å². The van der Waals surface area contributed by atoms with Crippen molar-refractivity contribution in [2.75, 3.05) is 4.90 Å². The van der Waals surface area contributed by atoms with Crippen molar-refractivity contribution in [1.82, 2.24) is 0 Å². The van der Waals surface area contributed by atoms with Crippen LogP contribution in [-0.4, -0.2) is 18.1 Å². The minimum Gasteiger partial charge on any atom is -0.487 e. The molecule has 0 aromatic heterocycles. The smallest absolute Gasteiger partial charge is 0.387 e. The Bertz CT molecular complexity index is 1230. The molecule has 0 aliphatic carbocycles. The molecule has 0 bridgehead atoms. The quantitative estimate of drug-likeness (QED) is 0.500. The highest BCUT2D eigenvalue weighted by Crippen LogP contribution is 2.56. The van der Waals surface area contributed by atoms with Gasteiger partial charge in [-0.15, -0.1) is 0 Å². The maximum atomic E-state index is 14.2. The number of hydrogen-bond acceptors (Lipinski definition) is 3. The molecule has 0 fully saturated rings. The Balaban J connectivity index is 1.66. The van der Waals surface area contributed by atoms with E-state index in [0.29, 0.717) is 17.7 Å².